The Balaban J connectivity index is 2.09. The Kier molecular flexibility index (Phi) is 12.5. The van der Waals surface area contributed by atoms with Crippen LogP contribution in [0.25, 0.3) is 0 Å². The Labute approximate surface area is 284 Å². The second kappa shape index (κ2) is 15.6. The van der Waals surface area contributed by atoms with Crippen molar-refractivity contribution >= 4 is 36.7 Å². The topological polar surface area (TPSA) is 82.1 Å². The number of benzene rings is 3. The Bertz CT molecular complexity index is 1580. The summed E-state index contributed by atoms with van der Waals surface area (Å²) in [5.74, 6) is -16.9. The Morgan fingerprint density at radius 2 is 1.20 bits per heavy atom. The maximum atomic E-state index is 14.6. The summed E-state index contributed by atoms with van der Waals surface area (Å²) >= 11 is 0. The summed E-state index contributed by atoms with van der Waals surface area (Å²) in [5, 5.41) is 1.49. The number of halogens is 5. The number of rotatable bonds is 11. The third kappa shape index (κ3) is 8.74. The standard InChI is InChI=1S/C36H42F5NO6Si/c1-9-26(43)42(34(45)48-35(3,4)5)25(33(44)47-32-30(40)28(38)27(37)29(39)31(32)41)20-22(2)21-46-49(36(6,7)8,23-16-12-10-13-17-23)24-18-14-11-15-19-24/h10-19,22,25H,9,20-21H2,1-8H3/t22-,25+/m0/s1. The monoisotopic (exact) mass is 707 g/mol. The summed E-state index contributed by atoms with van der Waals surface area (Å²) in [5.41, 5.74) is -1.14. The van der Waals surface area contributed by atoms with Gasteiger partial charge in [-0.15, -0.1) is 0 Å². The highest BCUT2D eigenvalue weighted by atomic mass is 28.4. The van der Waals surface area contributed by atoms with Gasteiger partial charge in [0.15, 0.2) is 0 Å². The van der Waals surface area contributed by atoms with Gasteiger partial charge in [-0.1, -0.05) is 95.3 Å². The minimum atomic E-state index is -3.10. The number of hydrogen-bond acceptors (Lipinski definition) is 6. The van der Waals surface area contributed by atoms with Crippen molar-refractivity contribution in [3.05, 3.63) is 89.7 Å². The number of nitrogens with zero attached hydrogens (tertiary/aromatic N) is 1. The lowest BCUT2D eigenvalue weighted by molar-refractivity contribution is -0.148. The van der Waals surface area contributed by atoms with Gasteiger partial charge < -0.3 is 13.9 Å². The van der Waals surface area contributed by atoms with E-state index in [1.807, 2.05) is 60.7 Å². The SMILES string of the molecule is CCC(=O)N(C(=O)OC(C)(C)C)[C@H](C[C@H](C)CO[Si](c1ccccc1)(c1ccccc1)C(C)(C)C)C(=O)Oc1c(F)c(F)c(F)c(F)c1F. The molecule has 0 unspecified atom stereocenters. The van der Waals surface area contributed by atoms with Crippen LogP contribution < -0.4 is 15.1 Å². The van der Waals surface area contributed by atoms with E-state index >= 15 is 0 Å². The number of carbonyl (C=O) groups excluding carboxylic acids is 3. The second-order valence-electron chi connectivity index (χ2n) is 13.7. The van der Waals surface area contributed by atoms with Crippen LogP contribution in [0.2, 0.25) is 5.04 Å². The van der Waals surface area contributed by atoms with E-state index in [2.05, 4.69) is 20.8 Å². The van der Waals surface area contributed by atoms with E-state index < -0.39 is 83.7 Å². The Hall–Kier alpha value is -4.10. The predicted octanol–water partition coefficient (Wildman–Crippen LogP) is 7.43. The van der Waals surface area contributed by atoms with Gasteiger partial charge in [0, 0.05) is 13.0 Å². The zero-order valence-corrected chi connectivity index (χ0v) is 29.8. The zero-order valence-electron chi connectivity index (χ0n) is 28.8. The quantitative estimate of drug-likeness (QED) is 0.0515. The van der Waals surface area contributed by atoms with Crippen molar-refractivity contribution in [2.45, 2.75) is 84.9 Å². The van der Waals surface area contributed by atoms with E-state index in [4.69, 9.17) is 13.9 Å². The summed E-state index contributed by atoms with van der Waals surface area (Å²) in [6.45, 7) is 13.8. The van der Waals surface area contributed by atoms with Gasteiger partial charge in [-0.05, 0) is 48.5 Å². The molecule has 0 radical (unpaired) electrons. The molecular weight excluding hydrogens is 665 g/mol. The molecule has 0 bridgehead atoms. The molecule has 0 spiro atoms. The van der Waals surface area contributed by atoms with Crippen LogP contribution in [-0.2, 0) is 18.8 Å². The van der Waals surface area contributed by atoms with Crippen molar-refractivity contribution in [3.63, 3.8) is 0 Å². The van der Waals surface area contributed by atoms with Crippen LogP contribution in [0.5, 0.6) is 5.75 Å². The zero-order chi connectivity index (χ0) is 36.9. The van der Waals surface area contributed by atoms with Crippen molar-refractivity contribution in [2.75, 3.05) is 6.61 Å². The largest absolute Gasteiger partial charge is 0.443 e. The molecule has 3 rings (SSSR count). The average Bonchev–Trinajstić information content (AvgIpc) is 3.04. The van der Waals surface area contributed by atoms with Crippen molar-refractivity contribution in [2.24, 2.45) is 5.92 Å². The lowest BCUT2D eigenvalue weighted by atomic mass is 10.0. The first kappa shape index (κ1) is 39.3. The van der Waals surface area contributed by atoms with Gasteiger partial charge in [-0.2, -0.15) is 8.78 Å². The van der Waals surface area contributed by atoms with Gasteiger partial charge in [0.25, 0.3) is 8.32 Å². The van der Waals surface area contributed by atoms with E-state index in [-0.39, 0.29) is 19.4 Å². The van der Waals surface area contributed by atoms with E-state index in [0.29, 0.717) is 4.90 Å². The molecule has 0 aliphatic heterocycles. The van der Waals surface area contributed by atoms with Crippen molar-refractivity contribution in [1.82, 2.24) is 4.90 Å². The van der Waals surface area contributed by atoms with Crippen LogP contribution >= 0.6 is 0 Å². The van der Waals surface area contributed by atoms with Gasteiger partial charge in [-0.25, -0.2) is 27.7 Å². The number of amides is 2. The summed E-state index contributed by atoms with van der Waals surface area (Å²) in [6.07, 6.45) is -1.95. The molecular formula is C36H42F5NO6Si. The molecule has 0 aromatic heterocycles. The first-order valence-corrected chi connectivity index (χ1v) is 17.7. The first-order valence-electron chi connectivity index (χ1n) is 15.8. The van der Waals surface area contributed by atoms with E-state index in [1.165, 1.54) is 27.7 Å². The highest BCUT2D eigenvalue weighted by Gasteiger charge is 2.50. The lowest BCUT2D eigenvalue weighted by Gasteiger charge is -2.43. The van der Waals surface area contributed by atoms with Gasteiger partial charge in [0.05, 0.1) is 0 Å². The number of carbonyl (C=O) groups is 3. The van der Waals surface area contributed by atoms with Crippen LogP contribution in [0.3, 0.4) is 0 Å². The molecule has 49 heavy (non-hydrogen) atoms. The molecule has 7 nitrogen and oxygen atoms in total. The van der Waals surface area contributed by atoms with Crippen LogP contribution in [0.15, 0.2) is 60.7 Å². The van der Waals surface area contributed by atoms with Gasteiger partial charge in [0.2, 0.25) is 40.7 Å². The molecule has 266 valence electrons. The molecule has 0 N–H and O–H groups in total. The molecule has 0 aliphatic rings. The highest BCUT2D eigenvalue weighted by Crippen LogP contribution is 2.37. The lowest BCUT2D eigenvalue weighted by Crippen LogP contribution is -2.67. The molecule has 0 saturated heterocycles. The van der Waals surface area contributed by atoms with E-state index in [9.17, 15) is 36.3 Å². The fourth-order valence-electron chi connectivity index (χ4n) is 5.51. The minimum Gasteiger partial charge on any atom is -0.443 e. The highest BCUT2D eigenvalue weighted by molar-refractivity contribution is 6.99. The number of ether oxygens (including phenoxy) is 2. The second-order valence-corrected chi connectivity index (χ2v) is 18.1. The molecule has 0 aliphatic carbocycles. The van der Waals surface area contributed by atoms with Crippen molar-refractivity contribution < 1.29 is 50.2 Å². The molecule has 2 amide bonds. The molecule has 3 aromatic carbocycles. The van der Waals surface area contributed by atoms with Gasteiger partial charge in [0.1, 0.15) is 11.6 Å². The smallest absolute Gasteiger partial charge is 0.417 e. The maximum absolute atomic E-state index is 14.6. The Morgan fingerprint density at radius 1 is 0.755 bits per heavy atom. The Morgan fingerprint density at radius 3 is 1.61 bits per heavy atom. The number of esters is 1. The molecule has 0 fully saturated rings. The molecule has 0 heterocycles. The molecule has 13 heteroatoms. The first-order chi connectivity index (χ1) is 22.8. The van der Waals surface area contributed by atoms with Gasteiger partial charge in [-0.3, -0.25) is 4.79 Å². The van der Waals surface area contributed by atoms with Gasteiger partial charge >= 0.3 is 12.1 Å². The van der Waals surface area contributed by atoms with E-state index in [0.717, 1.165) is 10.4 Å². The molecule has 0 saturated carbocycles. The van der Waals surface area contributed by atoms with Crippen LogP contribution in [0, 0.1) is 35.0 Å². The summed E-state index contributed by atoms with van der Waals surface area (Å²) in [7, 11) is -3.10. The molecule has 3 aromatic rings. The number of imide groups is 1. The normalized spacial score (nSPS) is 13.4. The summed E-state index contributed by atoms with van der Waals surface area (Å²) < 4.78 is 88.0. The van der Waals surface area contributed by atoms with Crippen molar-refractivity contribution in [3.8, 4) is 5.75 Å². The maximum Gasteiger partial charge on any atom is 0.417 e. The minimum absolute atomic E-state index is 0.0257. The van der Waals surface area contributed by atoms with E-state index in [1.54, 1.807) is 6.92 Å². The third-order valence-electron chi connectivity index (χ3n) is 7.74. The van der Waals surface area contributed by atoms with Crippen LogP contribution in [0.4, 0.5) is 26.7 Å². The fourth-order valence-corrected chi connectivity index (χ4v) is 10.2. The fraction of sp³-hybridized carbons (Fsp3) is 0.417. The third-order valence-corrected chi connectivity index (χ3v) is 12.7. The number of hydrogen-bond donors (Lipinski definition) is 0. The summed E-state index contributed by atoms with van der Waals surface area (Å²) in [4.78, 5) is 40.7. The van der Waals surface area contributed by atoms with Crippen molar-refractivity contribution in [1.29, 1.82) is 0 Å². The van der Waals surface area contributed by atoms with Crippen LogP contribution in [0.1, 0.15) is 68.2 Å². The predicted molar refractivity (Wildman–Crippen MR) is 176 cm³/mol. The molecule has 2 atom stereocenters. The summed E-state index contributed by atoms with van der Waals surface area (Å²) in [6, 6.07) is 17.4. The average molecular weight is 708 g/mol. The van der Waals surface area contributed by atoms with Crippen LogP contribution in [-0.4, -0.2) is 49.4 Å².